The molecule has 4 heterocycles. The Morgan fingerprint density at radius 3 is 2.82 bits per heavy atom. The minimum atomic E-state index is -0.245. The summed E-state index contributed by atoms with van der Waals surface area (Å²) in [6.07, 6.45) is 6.41. The van der Waals surface area contributed by atoms with Crippen molar-refractivity contribution in [3.63, 3.8) is 0 Å². The number of fused-ring (bicyclic) bond motifs is 4. The monoisotopic (exact) mass is 377 g/mol. The Balaban J connectivity index is 1.48. The van der Waals surface area contributed by atoms with Crippen LogP contribution in [0.15, 0.2) is 36.5 Å². The zero-order valence-electron chi connectivity index (χ0n) is 15.7. The number of ketones is 1. The maximum Gasteiger partial charge on any atom is 0.329 e. The zero-order valence-corrected chi connectivity index (χ0v) is 15.7. The van der Waals surface area contributed by atoms with Crippen molar-refractivity contribution in [3.05, 3.63) is 42.2 Å². The van der Waals surface area contributed by atoms with Crippen LogP contribution in [0.1, 0.15) is 42.6 Å². The third kappa shape index (κ3) is 3.21. The Hall–Kier alpha value is -2.96. The number of hydrogen-bond donors (Lipinski definition) is 1. The van der Waals surface area contributed by atoms with Crippen LogP contribution >= 0.6 is 0 Å². The lowest BCUT2D eigenvalue weighted by atomic mass is 9.99. The van der Waals surface area contributed by atoms with Crippen LogP contribution in [0, 0.1) is 5.92 Å². The Bertz CT molecular complexity index is 912. The summed E-state index contributed by atoms with van der Waals surface area (Å²) in [4.78, 5) is 38.6. The van der Waals surface area contributed by atoms with Gasteiger partial charge in [0.25, 0.3) is 0 Å². The number of carbonyl (C=O) groups excluding carboxylic acids is 2. The van der Waals surface area contributed by atoms with E-state index in [0.29, 0.717) is 29.7 Å². The molecule has 2 aliphatic heterocycles. The molecule has 5 rings (SSSR count). The normalized spacial score (nSPS) is 20.5. The summed E-state index contributed by atoms with van der Waals surface area (Å²) >= 11 is 0. The van der Waals surface area contributed by atoms with E-state index in [4.69, 9.17) is 0 Å². The second kappa shape index (κ2) is 6.89. The van der Waals surface area contributed by atoms with E-state index in [9.17, 15) is 9.59 Å². The molecule has 2 fully saturated rings. The third-order valence-corrected chi connectivity index (χ3v) is 5.76. The summed E-state index contributed by atoms with van der Waals surface area (Å²) in [6.45, 7) is 1.75. The largest absolute Gasteiger partial charge is 0.366 e. The molecule has 0 radical (unpaired) electrons. The zero-order chi connectivity index (χ0) is 19.1. The van der Waals surface area contributed by atoms with Crippen molar-refractivity contribution in [1.29, 1.82) is 0 Å². The summed E-state index contributed by atoms with van der Waals surface area (Å²) < 4.78 is 0. The van der Waals surface area contributed by atoms with Gasteiger partial charge in [0.1, 0.15) is 11.5 Å². The van der Waals surface area contributed by atoms with Gasteiger partial charge in [0.15, 0.2) is 11.6 Å². The molecular weight excluding hydrogens is 354 g/mol. The van der Waals surface area contributed by atoms with Crippen molar-refractivity contribution in [1.82, 2.24) is 9.97 Å². The fourth-order valence-electron chi connectivity index (χ4n) is 4.13. The average Bonchev–Trinajstić information content (AvgIpc) is 3.52. The SMILES string of the molecule is O=C(CC1CC1)c1ccc2c(n1)N(C(=O)Nc1ccccn1)[C@H]1CCCN2C1. The molecule has 2 aromatic rings. The van der Waals surface area contributed by atoms with E-state index >= 15 is 0 Å². The van der Waals surface area contributed by atoms with Crippen LogP contribution < -0.4 is 15.1 Å². The number of rotatable bonds is 4. The van der Waals surface area contributed by atoms with Gasteiger partial charge >= 0.3 is 6.03 Å². The van der Waals surface area contributed by atoms with E-state index in [1.165, 1.54) is 0 Å². The fourth-order valence-corrected chi connectivity index (χ4v) is 4.13. The number of piperidine rings is 1. The Morgan fingerprint density at radius 1 is 1.14 bits per heavy atom. The Morgan fingerprint density at radius 2 is 2.04 bits per heavy atom. The number of anilines is 3. The maximum atomic E-state index is 13.1. The van der Waals surface area contributed by atoms with Crippen LogP contribution in [0.3, 0.4) is 0 Å². The van der Waals surface area contributed by atoms with Crippen LogP contribution in [-0.4, -0.2) is 40.9 Å². The third-order valence-electron chi connectivity index (χ3n) is 5.76. The smallest absolute Gasteiger partial charge is 0.329 e. The summed E-state index contributed by atoms with van der Waals surface area (Å²) in [6, 6.07) is 8.97. The van der Waals surface area contributed by atoms with Gasteiger partial charge in [-0.25, -0.2) is 14.8 Å². The highest BCUT2D eigenvalue weighted by atomic mass is 16.2. The topological polar surface area (TPSA) is 78.4 Å². The number of nitrogens with zero attached hydrogens (tertiary/aromatic N) is 4. The van der Waals surface area contributed by atoms with E-state index < -0.39 is 0 Å². The lowest BCUT2D eigenvalue weighted by molar-refractivity contribution is 0.0971. The van der Waals surface area contributed by atoms with Gasteiger partial charge < -0.3 is 4.90 Å². The van der Waals surface area contributed by atoms with Gasteiger partial charge in [-0.15, -0.1) is 0 Å². The van der Waals surface area contributed by atoms with Crippen LogP contribution in [-0.2, 0) is 0 Å². The highest BCUT2D eigenvalue weighted by Gasteiger charge is 2.39. The number of carbonyl (C=O) groups is 2. The molecule has 0 unspecified atom stereocenters. The first-order valence-corrected chi connectivity index (χ1v) is 9.99. The van der Waals surface area contributed by atoms with Crippen LogP contribution in [0.25, 0.3) is 0 Å². The molecule has 28 heavy (non-hydrogen) atoms. The molecule has 2 bridgehead atoms. The molecule has 7 heteroatoms. The molecule has 2 amide bonds. The van der Waals surface area contributed by atoms with E-state index in [0.717, 1.165) is 44.5 Å². The minimum absolute atomic E-state index is 0.0475. The van der Waals surface area contributed by atoms with Gasteiger partial charge in [0.2, 0.25) is 0 Å². The molecular formula is C21H23N5O2. The predicted molar refractivity (Wildman–Crippen MR) is 107 cm³/mol. The first-order chi connectivity index (χ1) is 13.7. The van der Waals surface area contributed by atoms with Crippen molar-refractivity contribution in [2.45, 2.75) is 38.1 Å². The molecule has 1 saturated heterocycles. The van der Waals surface area contributed by atoms with Crippen LogP contribution in [0.5, 0.6) is 0 Å². The quantitative estimate of drug-likeness (QED) is 0.826. The fraction of sp³-hybridized carbons (Fsp3) is 0.429. The average molecular weight is 377 g/mol. The second-order valence-corrected chi connectivity index (χ2v) is 7.87. The number of Topliss-reactive ketones (excluding diaryl/α,β-unsaturated/α-hetero) is 1. The van der Waals surface area contributed by atoms with Crippen LogP contribution in [0.4, 0.5) is 22.1 Å². The number of pyridine rings is 2. The van der Waals surface area contributed by atoms with E-state index in [-0.39, 0.29) is 17.9 Å². The van der Waals surface area contributed by atoms with Gasteiger partial charge in [0.05, 0.1) is 11.7 Å². The molecule has 144 valence electrons. The van der Waals surface area contributed by atoms with Gasteiger partial charge in [-0.1, -0.05) is 6.07 Å². The lowest BCUT2D eigenvalue weighted by Gasteiger charge is -2.45. The summed E-state index contributed by atoms with van der Waals surface area (Å²) in [5, 5.41) is 2.88. The molecule has 2 aromatic heterocycles. The molecule has 1 atom stereocenters. The van der Waals surface area contributed by atoms with E-state index in [2.05, 4.69) is 20.2 Å². The summed E-state index contributed by atoms with van der Waals surface area (Å²) in [7, 11) is 0. The molecule has 0 spiro atoms. The molecule has 0 aromatic carbocycles. The number of urea groups is 1. The van der Waals surface area contributed by atoms with Gasteiger partial charge in [-0.3, -0.25) is 15.0 Å². The first kappa shape index (κ1) is 17.2. The number of amides is 2. The maximum absolute atomic E-state index is 13.1. The van der Waals surface area contributed by atoms with Gasteiger partial charge in [0, 0.05) is 25.7 Å². The van der Waals surface area contributed by atoms with Crippen molar-refractivity contribution in [3.8, 4) is 0 Å². The lowest BCUT2D eigenvalue weighted by Crippen LogP contribution is -2.56. The van der Waals surface area contributed by atoms with Crippen molar-refractivity contribution in [2.75, 3.05) is 28.2 Å². The van der Waals surface area contributed by atoms with Crippen LogP contribution in [0.2, 0.25) is 0 Å². The molecule has 3 aliphatic rings. The van der Waals surface area contributed by atoms with Gasteiger partial charge in [-0.2, -0.15) is 0 Å². The van der Waals surface area contributed by atoms with Crippen molar-refractivity contribution in [2.24, 2.45) is 5.92 Å². The van der Waals surface area contributed by atoms with Crippen molar-refractivity contribution >= 4 is 29.1 Å². The molecule has 1 aliphatic carbocycles. The highest BCUT2D eigenvalue weighted by molar-refractivity contribution is 6.05. The number of hydrogen-bond acceptors (Lipinski definition) is 5. The molecule has 7 nitrogen and oxygen atoms in total. The standard InChI is InChI=1S/C21H23N5O2/c27-18(12-14-6-7-14)16-8-9-17-20(23-16)26(15-4-3-11-25(17)13-15)21(28)24-19-5-1-2-10-22-19/h1-2,5,8-10,14-15H,3-4,6-7,11-13H2,(H,22,24,28)/t15-/m0/s1. The van der Waals surface area contributed by atoms with Crippen molar-refractivity contribution < 1.29 is 9.59 Å². The second-order valence-electron chi connectivity index (χ2n) is 7.87. The van der Waals surface area contributed by atoms with Gasteiger partial charge in [-0.05, 0) is 55.9 Å². The minimum Gasteiger partial charge on any atom is -0.366 e. The Labute approximate surface area is 163 Å². The molecule has 1 N–H and O–H groups in total. The predicted octanol–water partition coefficient (Wildman–Crippen LogP) is 3.48. The van der Waals surface area contributed by atoms with E-state index in [1.807, 2.05) is 24.3 Å². The first-order valence-electron chi connectivity index (χ1n) is 9.99. The number of aromatic nitrogens is 2. The van der Waals surface area contributed by atoms with E-state index in [1.54, 1.807) is 17.2 Å². The molecule has 1 saturated carbocycles. The summed E-state index contributed by atoms with van der Waals surface area (Å²) in [5.74, 6) is 1.68. The number of nitrogens with one attached hydrogen (secondary N) is 1. The highest BCUT2D eigenvalue weighted by Crippen LogP contribution is 2.39. The Kier molecular flexibility index (Phi) is 4.22. The summed E-state index contributed by atoms with van der Waals surface area (Å²) in [5.41, 5.74) is 1.39.